The van der Waals surface area contributed by atoms with Crippen LogP contribution in [0, 0.1) is 0 Å². The monoisotopic (exact) mass is 376 g/mol. The summed E-state index contributed by atoms with van der Waals surface area (Å²) < 4.78 is 16.1. The lowest BCUT2D eigenvalue weighted by Gasteiger charge is -2.19. The van der Waals surface area contributed by atoms with Gasteiger partial charge in [-0.25, -0.2) is 4.79 Å². The highest BCUT2D eigenvalue weighted by Crippen LogP contribution is 2.32. The topological polar surface area (TPSA) is 99.9 Å². The molecule has 0 radical (unpaired) electrons. The van der Waals surface area contributed by atoms with Crippen molar-refractivity contribution in [2.24, 2.45) is 0 Å². The van der Waals surface area contributed by atoms with E-state index < -0.39 is 18.0 Å². The Morgan fingerprint density at radius 2 is 1.88 bits per heavy atom. The molecule has 136 valence electrons. The molecule has 0 saturated heterocycles. The van der Waals surface area contributed by atoms with E-state index in [0.717, 1.165) is 0 Å². The lowest BCUT2D eigenvalue weighted by Crippen LogP contribution is -2.30. The second kappa shape index (κ2) is 7.53. The summed E-state index contributed by atoms with van der Waals surface area (Å²) in [6.45, 7) is 2.40. The summed E-state index contributed by atoms with van der Waals surface area (Å²) in [5, 5.41) is 3.07. The predicted octanol–water partition coefficient (Wildman–Crippen LogP) is 2.88. The van der Waals surface area contributed by atoms with Crippen LogP contribution in [0.25, 0.3) is 0 Å². The number of nitrogens with one attached hydrogen (secondary N) is 1. The normalized spacial score (nSPS) is 13.6. The molecule has 1 atom stereocenters. The fourth-order valence-corrected chi connectivity index (χ4v) is 2.54. The third-order valence-corrected chi connectivity index (χ3v) is 3.93. The van der Waals surface area contributed by atoms with Gasteiger partial charge in [0.15, 0.2) is 17.6 Å². The highest BCUT2D eigenvalue weighted by Gasteiger charge is 2.21. The Kier molecular flexibility index (Phi) is 5.18. The van der Waals surface area contributed by atoms with Crippen LogP contribution in [0.15, 0.2) is 36.4 Å². The molecule has 26 heavy (non-hydrogen) atoms. The largest absolute Gasteiger partial charge is 0.486 e. The Morgan fingerprint density at radius 3 is 2.62 bits per heavy atom. The number of hydrogen-bond acceptors (Lipinski definition) is 6. The summed E-state index contributed by atoms with van der Waals surface area (Å²) in [7, 11) is 0. The molecular formula is C18H17ClN2O5. The second-order valence-corrected chi connectivity index (χ2v) is 6.06. The van der Waals surface area contributed by atoms with Gasteiger partial charge in [-0.15, -0.1) is 0 Å². The zero-order chi connectivity index (χ0) is 18.7. The minimum atomic E-state index is -1.02. The summed E-state index contributed by atoms with van der Waals surface area (Å²) in [6.07, 6.45) is -1.02. The van der Waals surface area contributed by atoms with Crippen molar-refractivity contribution in [3.05, 3.63) is 47.0 Å². The third kappa shape index (κ3) is 4.00. The average Bonchev–Trinajstić information content (AvgIpc) is 2.61. The van der Waals surface area contributed by atoms with Crippen LogP contribution in [0.4, 0.5) is 11.4 Å². The predicted molar refractivity (Wildman–Crippen MR) is 96.8 cm³/mol. The van der Waals surface area contributed by atoms with Crippen molar-refractivity contribution in [1.29, 1.82) is 0 Å². The second-order valence-electron chi connectivity index (χ2n) is 5.63. The van der Waals surface area contributed by atoms with E-state index in [0.29, 0.717) is 35.4 Å². The van der Waals surface area contributed by atoms with Crippen LogP contribution in [-0.2, 0) is 9.53 Å². The van der Waals surface area contributed by atoms with Gasteiger partial charge in [0, 0.05) is 22.5 Å². The van der Waals surface area contributed by atoms with Gasteiger partial charge in [0.2, 0.25) is 0 Å². The summed E-state index contributed by atoms with van der Waals surface area (Å²) in [5.41, 5.74) is 6.59. The first-order chi connectivity index (χ1) is 12.4. The standard InChI is InChI=1S/C18H17ClN2O5/c1-10(26-18(23)13-4-2-11(19)8-14(13)20)17(22)21-12-3-5-15-16(9-12)25-7-6-24-15/h2-5,8-10H,6-7,20H2,1H3,(H,21,22)/t10-/m1/s1. The zero-order valence-electron chi connectivity index (χ0n) is 14.0. The van der Waals surface area contributed by atoms with E-state index >= 15 is 0 Å². The number of benzene rings is 2. The molecule has 0 aromatic heterocycles. The fourth-order valence-electron chi connectivity index (χ4n) is 2.36. The molecule has 3 rings (SSSR count). The number of nitrogen functional groups attached to an aromatic ring is 1. The highest BCUT2D eigenvalue weighted by molar-refractivity contribution is 6.31. The number of fused-ring (bicyclic) bond motifs is 1. The third-order valence-electron chi connectivity index (χ3n) is 3.70. The van der Waals surface area contributed by atoms with E-state index in [1.54, 1.807) is 18.2 Å². The first-order valence-electron chi connectivity index (χ1n) is 7.90. The molecule has 7 nitrogen and oxygen atoms in total. The Hall–Kier alpha value is -2.93. The lowest BCUT2D eigenvalue weighted by atomic mass is 10.2. The Morgan fingerprint density at radius 1 is 1.15 bits per heavy atom. The van der Waals surface area contributed by atoms with Crippen LogP contribution in [0.2, 0.25) is 5.02 Å². The van der Waals surface area contributed by atoms with Crippen LogP contribution >= 0.6 is 11.6 Å². The number of hydrogen-bond donors (Lipinski definition) is 2. The molecule has 0 unspecified atom stereocenters. The van der Waals surface area contributed by atoms with Gasteiger partial charge in [0.25, 0.3) is 5.91 Å². The van der Waals surface area contributed by atoms with Gasteiger partial charge in [-0.2, -0.15) is 0 Å². The van der Waals surface area contributed by atoms with Crippen molar-refractivity contribution in [3.8, 4) is 11.5 Å². The summed E-state index contributed by atoms with van der Waals surface area (Å²) >= 11 is 5.80. The van der Waals surface area contributed by atoms with Gasteiger partial charge >= 0.3 is 5.97 Å². The fraction of sp³-hybridized carbons (Fsp3) is 0.222. The number of nitrogens with two attached hydrogens (primary N) is 1. The highest BCUT2D eigenvalue weighted by atomic mass is 35.5. The van der Waals surface area contributed by atoms with Crippen molar-refractivity contribution in [3.63, 3.8) is 0 Å². The van der Waals surface area contributed by atoms with E-state index in [1.165, 1.54) is 25.1 Å². The number of rotatable bonds is 4. The maximum atomic E-state index is 12.3. The molecule has 3 N–H and O–H groups in total. The van der Waals surface area contributed by atoms with Crippen LogP contribution in [0.5, 0.6) is 11.5 Å². The molecule has 1 aliphatic heterocycles. The minimum absolute atomic E-state index is 0.147. The van der Waals surface area contributed by atoms with Crippen LogP contribution in [-0.4, -0.2) is 31.2 Å². The number of carbonyl (C=O) groups is 2. The molecule has 0 spiro atoms. The molecule has 1 heterocycles. The van der Waals surface area contributed by atoms with Crippen molar-refractivity contribution in [2.75, 3.05) is 24.3 Å². The van der Waals surface area contributed by atoms with Crippen molar-refractivity contribution < 1.29 is 23.8 Å². The van der Waals surface area contributed by atoms with Gasteiger partial charge in [0.1, 0.15) is 13.2 Å². The van der Waals surface area contributed by atoms with E-state index in [-0.39, 0.29) is 11.3 Å². The maximum Gasteiger partial charge on any atom is 0.341 e. The molecular weight excluding hydrogens is 360 g/mol. The Labute approximate surface area is 155 Å². The van der Waals surface area contributed by atoms with Crippen LogP contribution in [0.3, 0.4) is 0 Å². The molecule has 2 aromatic rings. The van der Waals surface area contributed by atoms with E-state index in [4.69, 9.17) is 31.5 Å². The smallest absolute Gasteiger partial charge is 0.341 e. The van der Waals surface area contributed by atoms with Crippen molar-refractivity contribution >= 4 is 34.9 Å². The van der Waals surface area contributed by atoms with E-state index in [1.807, 2.05) is 0 Å². The van der Waals surface area contributed by atoms with Gasteiger partial charge in [-0.3, -0.25) is 4.79 Å². The first-order valence-corrected chi connectivity index (χ1v) is 8.28. The molecule has 1 aliphatic rings. The van der Waals surface area contributed by atoms with Crippen molar-refractivity contribution in [1.82, 2.24) is 0 Å². The molecule has 0 saturated carbocycles. The number of carbonyl (C=O) groups excluding carboxylic acids is 2. The maximum absolute atomic E-state index is 12.3. The molecule has 0 bridgehead atoms. The molecule has 2 aromatic carbocycles. The Bertz CT molecular complexity index is 855. The quantitative estimate of drug-likeness (QED) is 0.628. The molecule has 0 aliphatic carbocycles. The lowest BCUT2D eigenvalue weighted by molar-refractivity contribution is -0.123. The number of amides is 1. The number of anilines is 2. The van der Waals surface area contributed by atoms with Crippen LogP contribution < -0.4 is 20.5 Å². The van der Waals surface area contributed by atoms with E-state index in [2.05, 4.69) is 5.32 Å². The average molecular weight is 377 g/mol. The molecule has 0 fully saturated rings. The summed E-state index contributed by atoms with van der Waals surface area (Å²) in [4.78, 5) is 24.4. The first kappa shape index (κ1) is 17.9. The Balaban J connectivity index is 1.63. The van der Waals surface area contributed by atoms with E-state index in [9.17, 15) is 9.59 Å². The molecule has 1 amide bonds. The molecule has 8 heteroatoms. The van der Waals surface area contributed by atoms with Gasteiger partial charge in [0.05, 0.1) is 5.56 Å². The van der Waals surface area contributed by atoms with Gasteiger partial charge in [-0.1, -0.05) is 11.6 Å². The summed E-state index contributed by atoms with van der Waals surface area (Å²) in [5.74, 6) is -0.0221. The summed E-state index contributed by atoms with van der Waals surface area (Å²) in [6, 6.07) is 9.45. The van der Waals surface area contributed by atoms with Crippen LogP contribution in [0.1, 0.15) is 17.3 Å². The SMILES string of the molecule is C[C@@H](OC(=O)c1ccc(Cl)cc1N)C(=O)Nc1ccc2c(c1)OCCO2. The van der Waals surface area contributed by atoms with Gasteiger partial charge in [-0.05, 0) is 37.3 Å². The minimum Gasteiger partial charge on any atom is -0.486 e. The zero-order valence-corrected chi connectivity index (χ0v) is 14.7. The number of ether oxygens (including phenoxy) is 3. The van der Waals surface area contributed by atoms with Crippen molar-refractivity contribution in [2.45, 2.75) is 13.0 Å². The van der Waals surface area contributed by atoms with Gasteiger partial charge < -0.3 is 25.3 Å². The number of esters is 1. The number of halogens is 1.